The minimum Gasteiger partial charge on any atom is -0.478 e. The predicted molar refractivity (Wildman–Crippen MR) is 80.0 cm³/mol. The van der Waals surface area contributed by atoms with Gasteiger partial charge in [0.05, 0.1) is 24.1 Å². The van der Waals surface area contributed by atoms with Crippen molar-refractivity contribution in [3.05, 3.63) is 41.2 Å². The number of hydrogen-bond donors (Lipinski definition) is 0. The minimum atomic E-state index is 0.00461. The molecule has 22 heavy (non-hydrogen) atoms. The van der Waals surface area contributed by atoms with Gasteiger partial charge in [-0.25, -0.2) is 9.97 Å². The zero-order chi connectivity index (χ0) is 15.5. The second kappa shape index (κ2) is 6.17. The molecule has 2 aromatic rings. The summed E-state index contributed by atoms with van der Waals surface area (Å²) < 4.78 is 10.8. The van der Waals surface area contributed by atoms with E-state index in [2.05, 4.69) is 9.97 Å². The van der Waals surface area contributed by atoms with Gasteiger partial charge in [-0.05, 0) is 26.3 Å². The van der Waals surface area contributed by atoms with Gasteiger partial charge in [0.1, 0.15) is 12.1 Å². The van der Waals surface area contributed by atoms with Crippen LogP contribution in [0.3, 0.4) is 0 Å². The van der Waals surface area contributed by atoms with Gasteiger partial charge in [0.25, 0.3) is 5.91 Å². The largest absolute Gasteiger partial charge is 0.478 e. The Morgan fingerprint density at radius 2 is 2.18 bits per heavy atom. The third kappa shape index (κ3) is 2.68. The second-order valence-electron chi connectivity index (χ2n) is 5.22. The molecule has 0 aliphatic carbocycles. The van der Waals surface area contributed by atoms with E-state index in [1.54, 1.807) is 19.3 Å². The van der Waals surface area contributed by atoms with E-state index in [9.17, 15) is 4.79 Å². The number of carbonyl (C=O) groups excluding carboxylic acids is 1. The minimum absolute atomic E-state index is 0.00461. The molecule has 1 aliphatic rings. The van der Waals surface area contributed by atoms with E-state index in [1.807, 2.05) is 11.8 Å². The molecule has 0 saturated carbocycles. The van der Waals surface area contributed by atoms with Crippen molar-refractivity contribution in [3.8, 4) is 5.88 Å². The standard InChI is InChI=1S/C16H19N3O3/c1-3-21-15-13-4-7-19(8-5-14(13)17-10-18-15)16(20)12-6-9-22-11(12)2/h6,9-10H,3-5,7-8H2,1-2H3. The Bertz CT molecular complexity index is 681. The number of amides is 1. The van der Waals surface area contributed by atoms with Gasteiger partial charge in [-0.3, -0.25) is 4.79 Å². The van der Waals surface area contributed by atoms with Gasteiger partial charge >= 0.3 is 0 Å². The van der Waals surface area contributed by atoms with Gasteiger partial charge in [0.2, 0.25) is 5.88 Å². The number of nitrogens with zero attached hydrogens (tertiary/aromatic N) is 3. The number of furan rings is 1. The molecule has 2 aromatic heterocycles. The van der Waals surface area contributed by atoms with E-state index in [-0.39, 0.29) is 5.91 Å². The van der Waals surface area contributed by atoms with Gasteiger partial charge in [-0.1, -0.05) is 0 Å². The van der Waals surface area contributed by atoms with Gasteiger partial charge in [-0.2, -0.15) is 0 Å². The third-order valence-corrected chi connectivity index (χ3v) is 3.90. The first-order chi connectivity index (χ1) is 10.7. The molecule has 0 fully saturated rings. The van der Waals surface area contributed by atoms with Crippen molar-refractivity contribution < 1.29 is 13.9 Å². The first-order valence-electron chi connectivity index (χ1n) is 7.49. The number of ether oxygens (including phenoxy) is 1. The molecular formula is C16H19N3O3. The van der Waals surface area contributed by atoms with Crippen LogP contribution in [0.1, 0.15) is 34.3 Å². The molecule has 116 valence electrons. The van der Waals surface area contributed by atoms with Crippen LogP contribution >= 0.6 is 0 Å². The Hall–Kier alpha value is -2.37. The maximum absolute atomic E-state index is 12.6. The average molecular weight is 301 g/mol. The summed E-state index contributed by atoms with van der Waals surface area (Å²) in [5.74, 6) is 1.30. The Morgan fingerprint density at radius 1 is 1.36 bits per heavy atom. The summed E-state index contributed by atoms with van der Waals surface area (Å²) in [6.07, 6.45) is 4.49. The summed E-state index contributed by atoms with van der Waals surface area (Å²) in [6, 6.07) is 1.72. The fourth-order valence-corrected chi connectivity index (χ4v) is 2.74. The van der Waals surface area contributed by atoms with Crippen LogP contribution in [0, 0.1) is 6.92 Å². The summed E-state index contributed by atoms with van der Waals surface area (Å²) in [6.45, 7) is 5.57. The predicted octanol–water partition coefficient (Wildman–Crippen LogP) is 2.02. The fourth-order valence-electron chi connectivity index (χ4n) is 2.74. The van der Waals surface area contributed by atoms with Crippen LogP contribution in [-0.4, -0.2) is 40.5 Å². The van der Waals surface area contributed by atoms with Crippen LogP contribution < -0.4 is 4.74 Å². The van der Waals surface area contributed by atoms with E-state index < -0.39 is 0 Å². The quantitative estimate of drug-likeness (QED) is 0.867. The van der Waals surface area contributed by atoms with Gasteiger partial charge < -0.3 is 14.1 Å². The first kappa shape index (κ1) is 14.6. The van der Waals surface area contributed by atoms with Crippen LogP contribution in [0.25, 0.3) is 0 Å². The normalized spacial score (nSPS) is 14.4. The lowest BCUT2D eigenvalue weighted by Gasteiger charge is -2.19. The number of aromatic nitrogens is 2. The lowest BCUT2D eigenvalue weighted by molar-refractivity contribution is 0.0761. The highest BCUT2D eigenvalue weighted by Gasteiger charge is 2.24. The number of hydrogen-bond acceptors (Lipinski definition) is 5. The van der Waals surface area contributed by atoms with E-state index in [4.69, 9.17) is 9.15 Å². The zero-order valence-electron chi connectivity index (χ0n) is 12.8. The maximum Gasteiger partial charge on any atom is 0.257 e. The van der Waals surface area contributed by atoms with Crippen molar-refractivity contribution in [1.29, 1.82) is 0 Å². The molecule has 1 amide bonds. The molecule has 6 heteroatoms. The van der Waals surface area contributed by atoms with Crippen LogP contribution in [0.5, 0.6) is 5.88 Å². The van der Waals surface area contributed by atoms with Crippen LogP contribution in [0.4, 0.5) is 0 Å². The van der Waals surface area contributed by atoms with E-state index in [0.717, 1.165) is 11.3 Å². The van der Waals surface area contributed by atoms with E-state index in [1.165, 1.54) is 6.33 Å². The summed E-state index contributed by atoms with van der Waals surface area (Å²) in [4.78, 5) is 23.0. The van der Waals surface area contributed by atoms with Crippen molar-refractivity contribution in [2.75, 3.05) is 19.7 Å². The van der Waals surface area contributed by atoms with Crippen LogP contribution in [-0.2, 0) is 12.8 Å². The lowest BCUT2D eigenvalue weighted by Crippen LogP contribution is -2.33. The molecule has 0 atom stereocenters. The maximum atomic E-state index is 12.6. The fraction of sp³-hybridized carbons (Fsp3) is 0.438. The van der Waals surface area contributed by atoms with Crippen molar-refractivity contribution >= 4 is 5.91 Å². The molecule has 0 bridgehead atoms. The van der Waals surface area contributed by atoms with E-state index in [0.29, 0.717) is 49.7 Å². The molecule has 0 N–H and O–H groups in total. The Labute approximate surface area is 129 Å². The molecule has 6 nitrogen and oxygen atoms in total. The van der Waals surface area contributed by atoms with Gasteiger partial charge in [-0.15, -0.1) is 0 Å². The number of aryl methyl sites for hydroxylation is 1. The Kier molecular flexibility index (Phi) is 4.09. The zero-order valence-corrected chi connectivity index (χ0v) is 12.8. The summed E-state index contributed by atoms with van der Waals surface area (Å²) in [5.41, 5.74) is 2.61. The summed E-state index contributed by atoms with van der Waals surface area (Å²) in [7, 11) is 0. The molecule has 0 saturated heterocycles. The Balaban J connectivity index is 1.80. The molecule has 0 aromatic carbocycles. The lowest BCUT2D eigenvalue weighted by atomic mass is 10.1. The molecule has 0 spiro atoms. The average Bonchev–Trinajstić information content (AvgIpc) is 2.82. The van der Waals surface area contributed by atoms with Crippen molar-refractivity contribution in [2.24, 2.45) is 0 Å². The monoisotopic (exact) mass is 301 g/mol. The molecule has 0 unspecified atom stereocenters. The highest BCUT2D eigenvalue weighted by Crippen LogP contribution is 2.23. The highest BCUT2D eigenvalue weighted by molar-refractivity contribution is 5.95. The molecule has 3 heterocycles. The van der Waals surface area contributed by atoms with Crippen molar-refractivity contribution in [3.63, 3.8) is 0 Å². The molecule has 1 aliphatic heterocycles. The van der Waals surface area contributed by atoms with E-state index >= 15 is 0 Å². The number of rotatable bonds is 3. The second-order valence-corrected chi connectivity index (χ2v) is 5.22. The highest BCUT2D eigenvalue weighted by atomic mass is 16.5. The summed E-state index contributed by atoms with van der Waals surface area (Å²) >= 11 is 0. The smallest absolute Gasteiger partial charge is 0.257 e. The molecule has 0 radical (unpaired) electrons. The van der Waals surface area contributed by atoms with Gasteiger partial charge in [0, 0.05) is 25.1 Å². The van der Waals surface area contributed by atoms with Crippen LogP contribution in [0.15, 0.2) is 23.1 Å². The van der Waals surface area contributed by atoms with Crippen LogP contribution in [0.2, 0.25) is 0 Å². The first-order valence-corrected chi connectivity index (χ1v) is 7.49. The number of fused-ring (bicyclic) bond motifs is 1. The third-order valence-electron chi connectivity index (χ3n) is 3.90. The summed E-state index contributed by atoms with van der Waals surface area (Å²) in [5, 5.41) is 0. The molecular weight excluding hydrogens is 282 g/mol. The van der Waals surface area contributed by atoms with Crippen molar-refractivity contribution in [2.45, 2.75) is 26.7 Å². The Morgan fingerprint density at radius 3 is 2.91 bits per heavy atom. The van der Waals surface area contributed by atoms with Crippen molar-refractivity contribution in [1.82, 2.24) is 14.9 Å². The molecule has 3 rings (SSSR count). The van der Waals surface area contributed by atoms with Gasteiger partial charge in [0.15, 0.2) is 0 Å². The SMILES string of the molecule is CCOc1ncnc2c1CCN(C(=O)c1ccoc1C)CC2. The topological polar surface area (TPSA) is 68.5 Å². The number of carbonyl (C=O) groups is 1.